The Morgan fingerprint density at radius 2 is 2.33 bits per heavy atom. The SMILES string of the molecule is N#CCCCOC(=O)C1CCc2ccccc2S1. The molecule has 1 unspecified atom stereocenters. The number of unbranched alkanes of at least 4 members (excludes halogenated alkanes) is 1. The molecule has 0 aromatic heterocycles. The fourth-order valence-corrected chi connectivity index (χ4v) is 3.09. The van der Waals surface area contributed by atoms with Crippen molar-refractivity contribution in [2.45, 2.75) is 35.8 Å². The van der Waals surface area contributed by atoms with Crippen LogP contribution < -0.4 is 0 Å². The molecule has 94 valence electrons. The number of fused-ring (bicyclic) bond motifs is 1. The van der Waals surface area contributed by atoms with Crippen LogP contribution in [-0.4, -0.2) is 17.8 Å². The van der Waals surface area contributed by atoms with Crippen molar-refractivity contribution in [3.63, 3.8) is 0 Å². The second-order valence-electron chi connectivity index (χ2n) is 4.18. The maximum Gasteiger partial charge on any atom is 0.319 e. The number of ether oxygens (including phenoxy) is 1. The van der Waals surface area contributed by atoms with Crippen molar-refractivity contribution in [3.8, 4) is 6.07 Å². The van der Waals surface area contributed by atoms with Crippen LogP contribution in [0.5, 0.6) is 0 Å². The molecule has 1 aliphatic heterocycles. The Labute approximate surface area is 111 Å². The summed E-state index contributed by atoms with van der Waals surface area (Å²) < 4.78 is 5.19. The van der Waals surface area contributed by atoms with Crippen molar-refractivity contribution in [3.05, 3.63) is 29.8 Å². The number of hydrogen-bond donors (Lipinski definition) is 0. The van der Waals surface area contributed by atoms with E-state index in [9.17, 15) is 4.79 Å². The molecule has 0 bridgehead atoms. The number of esters is 1. The Hall–Kier alpha value is -1.47. The zero-order chi connectivity index (χ0) is 12.8. The molecule has 0 aliphatic carbocycles. The Morgan fingerprint density at radius 3 is 3.17 bits per heavy atom. The Kier molecular flexibility index (Phi) is 4.66. The summed E-state index contributed by atoms with van der Waals surface area (Å²) in [6.07, 6.45) is 2.82. The van der Waals surface area contributed by atoms with E-state index in [2.05, 4.69) is 12.1 Å². The van der Waals surface area contributed by atoms with Crippen molar-refractivity contribution in [1.29, 1.82) is 5.26 Å². The molecular formula is C14H15NO2S. The third-order valence-corrected chi connectivity index (χ3v) is 4.22. The van der Waals surface area contributed by atoms with Crippen molar-refractivity contribution < 1.29 is 9.53 Å². The largest absolute Gasteiger partial charge is 0.465 e. The molecule has 4 heteroatoms. The van der Waals surface area contributed by atoms with Crippen LogP contribution in [0.2, 0.25) is 0 Å². The van der Waals surface area contributed by atoms with Crippen LogP contribution >= 0.6 is 11.8 Å². The first-order valence-corrected chi connectivity index (χ1v) is 6.97. The lowest BCUT2D eigenvalue weighted by molar-refractivity contribution is -0.143. The zero-order valence-electron chi connectivity index (χ0n) is 10.1. The number of carbonyl (C=O) groups excluding carboxylic acids is 1. The highest BCUT2D eigenvalue weighted by molar-refractivity contribution is 8.00. The highest BCUT2D eigenvalue weighted by Crippen LogP contribution is 2.35. The predicted molar refractivity (Wildman–Crippen MR) is 70.2 cm³/mol. The molecule has 1 heterocycles. The third-order valence-electron chi connectivity index (χ3n) is 2.86. The summed E-state index contributed by atoms with van der Waals surface area (Å²) in [6.45, 7) is 0.352. The van der Waals surface area contributed by atoms with Gasteiger partial charge in [-0.25, -0.2) is 0 Å². The normalized spacial score (nSPS) is 17.6. The number of nitriles is 1. The van der Waals surface area contributed by atoms with E-state index in [0.29, 0.717) is 19.4 Å². The summed E-state index contributed by atoms with van der Waals surface area (Å²) in [5, 5.41) is 8.30. The number of nitrogens with zero attached hydrogens (tertiary/aromatic N) is 1. The highest BCUT2D eigenvalue weighted by Gasteiger charge is 2.26. The summed E-state index contributed by atoms with van der Waals surface area (Å²) in [6, 6.07) is 10.2. The van der Waals surface area contributed by atoms with Gasteiger partial charge in [0.2, 0.25) is 0 Å². The number of hydrogen-bond acceptors (Lipinski definition) is 4. The second kappa shape index (κ2) is 6.46. The first-order valence-electron chi connectivity index (χ1n) is 6.09. The molecule has 0 spiro atoms. The molecule has 18 heavy (non-hydrogen) atoms. The van der Waals surface area contributed by atoms with Gasteiger partial charge in [0.05, 0.1) is 12.7 Å². The summed E-state index contributed by atoms with van der Waals surface area (Å²) >= 11 is 1.59. The van der Waals surface area contributed by atoms with E-state index in [1.807, 2.05) is 18.2 Å². The van der Waals surface area contributed by atoms with Crippen molar-refractivity contribution in [2.24, 2.45) is 0 Å². The Morgan fingerprint density at radius 1 is 1.50 bits per heavy atom. The van der Waals surface area contributed by atoms with E-state index in [4.69, 9.17) is 10.00 Å². The van der Waals surface area contributed by atoms with Crippen LogP contribution in [0.1, 0.15) is 24.8 Å². The monoisotopic (exact) mass is 261 g/mol. The first kappa shape index (κ1) is 13.0. The van der Waals surface area contributed by atoms with E-state index >= 15 is 0 Å². The number of rotatable bonds is 4. The molecule has 0 amide bonds. The minimum absolute atomic E-state index is 0.0954. The van der Waals surface area contributed by atoms with Crippen LogP contribution in [0.25, 0.3) is 0 Å². The molecule has 1 atom stereocenters. The summed E-state index contributed by atoms with van der Waals surface area (Å²) in [5.41, 5.74) is 1.32. The fraction of sp³-hybridized carbons (Fsp3) is 0.429. The van der Waals surface area contributed by atoms with Gasteiger partial charge in [-0.3, -0.25) is 4.79 Å². The standard InChI is InChI=1S/C14H15NO2S/c15-9-3-4-10-17-14(16)13-8-7-11-5-1-2-6-12(11)18-13/h1-2,5-6,13H,3-4,7-8,10H2. The molecule has 1 aromatic rings. The molecule has 2 rings (SSSR count). The van der Waals surface area contributed by atoms with Gasteiger partial charge in [-0.2, -0.15) is 5.26 Å². The number of aryl methyl sites for hydroxylation is 1. The van der Waals surface area contributed by atoms with E-state index in [0.717, 1.165) is 12.8 Å². The van der Waals surface area contributed by atoms with E-state index in [1.165, 1.54) is 10.5 Å². The fourth-order valence-electron chi connectivity index (χ4n) is 1.91. The second-order valence-corrected chi connectivity index (χ2v) is 5.43. The van der Waals surface area contributed by atoms with Gasteiger partial charge in [0, 0.05) is 11.3 Å². The molecule has 0 saturated heterocycles. The van der Waals surface area contributed by atoms with Crippen molar-refractivity contribution >= 4 is 17.7 Å². The average Bonchev–Trinajstić information content (AvgIpc) is 2.43. The van der Waals surface area contributed by atoms with Gasteiger partial charge in [-0.15, -0.1) is 11.8 Å². The van der Waals surface area contributed by atoms with E-state index < -0.39 is 0 Å². The van der Waals surface area contributed by atoms with Gasteiger partial charge in [0.15, 0.2) is 0 Å². The Bertz CT molecular complexity index is 467. The summed E-state index contributed by atoms with van der Waals surface area (Å²) in [5.74, 6) is -0.146. The molecule has 3 nitrogen and oxygen atoms in total. The van der Waals surface area contributed by atoms with Gasteiger partial charge in [-0.05, 0) is 30.9 Å². The van der Waals surface area contributed by atoms with Gasteiger partial charge in [-0.1, -0.05) is 18.2 Å². The predicted octanol–water partition coefficient (Wildman–Crippen LogP) is 2.94. The van der Waals surface area contributed by atoms with Crippen molar-refractivity contribution in [2.75, 3.05) is 6.61 Å². The lowest BCUT2D eigenvalue weighted by Crippen LogP contribution is -2.24. The van der Waals surface area contributed by atoms with Crippen LogP contribution in [0, 0.1) is 11.3 Å². The Balaban J connectivity index is 1.85. The highest BCUT2D eigenvalue weighted by atomic mass is 32.2. The molecule has 0 saturated carbocycles. The van der Waals surface area contributed by atoms with Crippen molar-refractivity contribution in [1.82, 2.24) is 0 Å². The lowest BCUT2D eigenvalue weighted by Gasteiger charge is -2.22. The minimum Gasteiger partial charge on any atom is -0.465 e. The average molecular weight is 261 g/mol. The summed E-state index contributed by atoms with van der Waals surface area (Å²) in [4.78, 5) is 13.0. The third kappa shape index (κ3) is 3.27. The maximum atomic E-state index is 11.8. The zero-order valence-corrected chi connectivity index (χ0v) is 10.9. The molecule has 0 radical (unpaired) electrons. The van der Waals surface area contributed by atoms with Crippen LogP contribution in [-0.2, 0) is 16.0 Å². The first-order chi connectivity index (χ1) is 8.81. The van der Waals surface area contributed by atoms with Gasteiger partial charge in [0.1, 0.15) is 5.25 Å². The van der Waals surface area contributed by atoms with Crippen LogP contribution in [0.3, 0.4) is 0 Å². The lowest BCUT2D eigenvalue weighted by atomic mass is 10.1. The van der Waals surface area contributed by atoms with Gasteiger partial charge in [0.25, 0.3) is 0 Å². The maximum absolute atomic E-state index is 11.8. The number of thioether (sulfide) groups is 1. The van der Waals surface area contributed by atoms with Crippen LogP contribution in [0.4, 0.5) is 0 Å². The smallest absolute Gasteiger partial charge is 0.319 e. The number of benzene rings is 1. The molecule has 0 N–H and O–H groups in total. The van der Waals surface area contributed by atoms with Gasteiger partial charge >= 0.3 is 5.97 Å². The molecule has 1 aliphatic rings. The topological polar surface area (TPSA) is 50.1 Å². The number of carbonyl (C=O) groups is 1. The van der Waals surface area contributed by atoms with Gasteiger partial charge < -0.3 is 4.74 Å². The summed E-state index contributed by atoms with van der Waals surface area (Å²) in [7, 11) is 0. The molecule has 0 fully saturated rings. The quantitative estimate of drug-likeness (QED) is 0.617. The van der Waals surface area contributed by atoms with Crippen LogP contribution in [0.15, 0.2) is 29.2 Å². The molecule has 1 aromatic carbocycles. The van der Waals surface area contributed by atoms with E-state index in [1.54, 1.807) is 11.8 Å². The van der Waals surface area contributed by atoms with E-state index in [-0.39, 0.29) is 11.2 Å². The minimum atomic E-state index is -0.146. The molecular weight excluding hydrogens is 246 g/mol.